The highest BCUT2D eigenvalue weighted by Crippen LogP contribution is 2.36. The first-order valence-corrected chi connectivity index (χ1v) is 5.32. The summed E-state index contributed by atoms with van der Waals surface area (Å²) < 4.78 is 39.4. The van der Waals surface area contributed by atoms with Crippen molar-refractivity contribution in [2.45, 2.75) is 11.3 Å². The highest BCUT2D eigenvalue weighted by molar-refractivity contribution is 7.98. The number of rotatable bonds is 2. The smallest absolute Gasteiger partial charge is 0.404 e. The van der Waals surface area contributed by atoms with E-state index in [9.17, 15) is 13.2 Å². The van der Waals surface area contributed by atoms with Gasteiger partial charge in [-0.2, -0.15) is 0 Å². The van der Waals surface area contributed by atoms with E-state index >= 15 is 0 Å². The van der Waals surface area contributed by atoms with Crippen LogP contribution >= 0.6 is 23.4 Å². The molecule has 0 saturated carbocycles. The molecule has 0 aliphatic carbocycles. The Morgan fingerprint density at radius 3 is 2.47 bits per heavy atom. The Kier molecular flexibility index (Phi) is 3.62. The predicted octanol–water partition coefficient (Wildman–Crippen LogP) is 3.54. The quantitative estimate of drug-likeness (QED) is 0.650. The van der Waals surface area contributed by atoms with Crippen LogP contribution in [0.5, 0.6) is 5.75 Å². The number of hydrogen-bond acceptors (Lipinski definition) is 3. The Hall–Kier alpha value is -0.750. The van der Waals surface area contributed by atoms with Crippen LogP contribution in [0.15, 0.2) is 17.0 Å². The van der Waals surface area contributed by atoms with Crippen LogP contribution in [-0.2, 0) is 0 Å². The molecule has 2 nitrogen and oxygen atoms in total. The number of nitrogen functional groups attached to an aromatic ring is 1. The summed E-state index contributed by atoms with van der Waals surface area (Å²) in [4.78, 5) is 0.601. The van der Waals surface area contributed by atoms with Crippen LogP contribution in [0.25, 0.3) is 0 Å². The minimum atomic E-state index is -4.77. The molecule has 0 amide bonds. The van der Waals surface area contributed by atoms with Crippen molar-refractivity contribution < 1.29 is 17.9 Å². The summed E-state index contributed by atoms with van der Waals surface area (Å²) in [7, 11) is 0. The summed E-state index contributed by atoms with van der Waals surface area (Å²) >= 11 is 6.99. The van der Waals surface area contributed by atoms with Crippen molar-refractivity contribution in [3.05, 3.63) is 17.2 Å². The Bertz CT molecular complexity index is 370. The molecule has 15 heavy (non-hydrogen) atoms. The van der Waals surface area contributed by atoms with E-state index in [1.54, 1.807) is 6.26 Å². The first-order chi connectivity index (χ1) is 6.83. The molecule has 0 heterocycles. The molecule has 0 saturated heterocycles. The SMILES string of the molecule is CSc1cc(N)c(OC(F)(F)F)cc1Cl. The van der Waals surface area contributed by atoms with Gasteiger partial charge in [0.2, 0.25) is 0 Å². The molecule has 1 rings (SSSR count). The van der Waals surface area contributed by atoms with Crippen molar-refractivity contribution in [2.24, 2.45) is 0 Å². The molecule has 1 aromatic carbocycles. The number of thioether (sulfide) groups is 1. The van der Waals surface area contributed by atoms with E-state index in [2.05, 4.69) is 4.74 Å². The molecular weight excluding hydrogens is 251 g/mol. The molecule has 0 aliphatic heterocycles. The standard InChI is InChI=1S/C8H7ClF3NOS/c1-15-7-3-5(13)6(2-4(7)9)14-8(10,11)12/h2-3H,13H2,1H3. The van der Waals surface area contributed by atoms with Crippen molar-refractivity contribution in [3.63, 3.8) is 0 Å². The second-order valence-corrected chi connectivity index (χ2v) is 3.83. The fraction of sp³-hybridized carbons (Fsp3) is 0.250. The molecule has 7 heteroatoms. The second kappa shape index (κ2) is 4.40. The van der Waals surface area contributed by atoms with Crippen molar-refractivity contribution in [3.8, 4) is 5.75 Å². The van der Waals surface area contributed by atoms with Gasteiger partial charge in [-0.25, -0.2) is 0 Å². The number of halogens is 4. The van der Waals surface area contributed by atoms with E-state index in [-0.39, 0.29) is 10.7 Å². The molecule has 0 bridgehead atoms. The molecule has 84 valence electrons. The average Bonchev–Trinajstić information content (AvgIpc) is 2.08. The van der Waals surface area contributed by atoms with E-state index in [4.69, 9.17) is 17.3 Å². The topological polar surface area (TPSA) is 35.2 Å². The highest BCUT2D eigenvalue weighted by Gasteiger charge is 2.32. The summed E-state index contributed by atoms with van der Waals surface area (Å²) in [5.41, 5.74) is 5.28. The summed E-state index contributed by atoms with van der Waals surface area (Å²) in [6, 6.07) is 2.39. The van der Waals surface area contributed by atoms with Crippen LogP contribution in [0, 0.1) is 0 Å². The molecule has 0 aliphatic rings. The maximum atomic E-state index is 11.9. The zero-order chi connectivity index (χ0) is 11.6. The van der Waals surface area contributed by atoms with E-state index in [1.807, 2.05) is 0 Å². The third-order valence-electron chi connectivity index (χ3n) is 1.51. The lowest BCUT2D eigenvalue weighted by molar-refractivity contribution is -0.274. The van der Waals surface area contributed by atoms with Gasteiger partial charge in [-0.1, -0.05) is 11.6 Å². The maximum Gasteiger partial charge on any atom is 0.573 e. The normalized spacial score (nSPS) is 11.5. The Morgan fingerprint density at radius 2 is 2.00 bits per heavy atom. The van der Waals surface area contributed by atoms with Crippen LogP contribution in [0.2, 0.25) is 5.02 Å². The highest BCUT2D eigenvalue weighted by atomic mass is 35.5. The van der Waals surface area contributed by atoms with Gasteiger partial charge in [-0.05, 0) is 12.3 Å². The number of benzene rings is 1. The number of alkyl halides is 3. The van der Waals surface area contributed by atoms with E-state index in [0.717, 1.165) is 6.07 Å². The van der Waals surface area contributed by atoms with Crippen LogP contribution in [0.1, 0.15) is 0 Å². The minimum Gasteiger partial charge on any atom is -0.404 e. The lowest BCUT2D eigenvalue weighted by Gasteiger charge is -2.12. The monoisotopic (exact) mass is 257 g/mol. The maximum absolute atomic E-state index is 11.9. The van der Waals surface area contributed by atoms with Crippen LogP contribution in [-0.4, -0.2) is 12.6 Å². The molecule has 1 aromatic rings. The number of ether oxygens (including phenoxy) is 1. The lowest BCUT2D eigenvalue weighted by Crippen LogP contribution is -2.18. The van der Waals surface area contributed by atoms with Crippen LogP contribution in [0.3, 0.4) is 0 Å². The van der Waals surface area contributed by atoms with Gasteiger partial charge < -0.3 is 10.5 Å². The van der Waals surface area contributed by atoms with Crippen molar-refractivity contribution >= 4 is 29.1 Å². The van der Waals surface area contributed by atoms with E-state index in [0.29, 0.717) is 4.90 Å². The molecule has 0 spiro atoms. The van der Waals surface area contributed by atoms with E-state index in [1.165, 1.54) is 17.8 Å². The molecule has 0 aromatic heterocycles. The first kappa shape index (κ1) is 12.3. The minimum absolute atomic E-state index is 0.0962. The zero-order valence-corrected chi connectivity index (χ0v) is 9.13. The van der Waals surface area contributed by atoms with Crippen molar-refractivity contribution in [2.75, 3.05) is 12.0 Å². The Morgan fingerprint density at radius 1 is 1.40 bits per heavy atom. The number of anilines is 1. The molecule has 0 atom stereocenters. The van der Waals surface area contributed by atoms with Gasteiger partial charge in [-0.3, -0.25) is 0 Å². The van der Waals surface area contributed by atoms with Gasteiger partial charge in [0, 0.05) is 11.0 Å². The molecule has 0 radical (unpaired) electrons. The zero-order valence-electron chi connectivity index (χ0n) is 7.56. The fourth-order valence-corrected chi connectivity index (χ4v) is 1.80. The van der Waals surface area contributed by atoms with Crippen LogP contribution < -0.4 is 10.5 Å². The molecular formula is C8H7ClF3NOS. The number of nitrogens with two attached hydrogens (primary N) is 1. The van der Waals surface area contributed by atoms with Crippen molar-refractivity contribution in [1.29, 1.82) is 0 Å². The van der Waals surface area contributed by atoms with Gasteiger partial charge in [-0.15, -0.1) is 24.9 Å². The summed E-state index contributed by atoms with van der Waals surface area (Å²) in [5.74, 6) is -0.481. The van der Waals surface area contributed by atoms with Gasteiger partial charge in [0.15, 0.2) is 5.75 Å². The van der Waals surface area contributed by atoms with Gasteiger partial charge in [0.25, 0.3) is 0 Å². The lowest BCUT2D eigenvalue weighted by atomic mass is 10.3. The van der Waals surface area contributed by atoms with Gasteiger partial charge >= 0.3 is 6.36 Å². The van der Waals surface area contributed by atoms with Crippen LogP contribution in [0.4, 0.5) is 18.9 Å². The Balaban J connectivity index is 3.05. The fourth-order valence-electron chi connectivity index (χ4n) is 0.920. The molecule has 0 unspecified atom stereocenters. The second-order valence-electron chi connectivity index (χ2n) is 2.57. The summed E-state index contributed by atoms with van der Waals surface area (Å²) in [6.45, 7) is 0. The third kappa shape index (κ3) is 3.39. The molecule has 0 fully saturated rings. The first-order valence-electron chi connectivity index (χ1n) is 3.72. The van der Waals surface area contributed by atoms with Crippen molar-refractivity contribution in [1.82, 2.24) is 0 Å². The predicted molar refractivity (Wildman–Crippen MR) is 54.3 cm³/mol. The van der Waals surface area contributed by atoms with Gasteiger partial charge in [0.05, 0.1) is 10.7 Å². The third-order valence-corrected chi connectivity index (χ3v) is 2.71. The van der Waals surface area contributed by atoms with E-state index < -0.39 is 12.1 Å². The van der Waals surface area contributed by atoms with Gasteiger partial charge in [0.1, 0.15) is 0 Å². The molecule has 2 N–H and O–H groups in total. The average molecular weight is 258 g/mol. The summed E-state index contributed by atoms with van der Waals surface area (Å²) in [5, 5.41) is 0.177. The summed E-state index contributed by atoms with van der Waals surface area (Å²) in [6.07, 6.45) is -3.02. The Labute approximate surface area is 93.5 Å². The largest absolute Gasteiger partial charge is 0.573 e. The number of hydrogen-bond donors (Lipinski definition) is 1.